The molecule has 9 heteroatoms. The Bertz CT molecular complexity index is 1850. The number of nitrogens with zero attached hydrogens (tertiary/aromatic N) is 4. The summed E-state index contributed by atoms with van der Waals surface area (Å²) >= 11 is 5.66. The molecule has 0 fully saturated rings. The Morgan fingerprint density at radius 2 is 1.73 bits per heavy atom. The molecule has 4 aromatic rings. The maximum atomic E-state index is 11.3. The highest BCUT2D eigenvalue weighted by atomic mass is 79.9. The largest absolute Gasteiger partial charge is 0.391 e. The fraction of sp³-hybridized carbons (Fsp3) is 0.375. The highest BCUT2D eigenvalue weighted by Crippen LogP contribution is 2.59. The van der Waals surface area contributed by atoms with Crippen LogP contribution in [0.3, 0.4) is 0 Å². The van der Waals surface area contributed by atoms with Crippen LogP contribution in [0, 0.1) is 5.41 Å². The lowest BCUT2D eigenvalue weighted by Gasteiger charge is -2.37. The maximum absolute atomic E-state index is 11.3. The standard InChI is InChI=1S/C40H50BrN5O2S/c1-10-28-25-29(19-20-31(28)44(8)9)33-34-35-32(26-43-37(34)46(36(33)41)49-30-17-13-12-14-18-30)45(39(7,47)48)27(3)40(35,23-16-24-42-11-2)22-15-21-38(4,5)6/h10-14,17-20,25-26,42,47-48H,1-3,15-16,21-24H2,4-9H3. The SMILES string of the molecule is C=CNCCCC1(CCCC(C)(C)C)C(=C)N(C(C)(O)O)c2cnc3c(c(-c4ccc(N(C)C)c(C=C)c4)c(Br)n3Sc3ccccc3)c21. The van der Waals surface area contributed by atoms with Gasteiger partial charge in [0.2, 0.25) is 5.91 Å². The van der Waals surface area contributed by atoms with Crippen molar-refractivity contribution in [1.29, 1.82) is 0 Å². The van der Waals surface area contributed by atoms with Gasteiger partial charge < -0.3 is 20.4 Å². The van der Waals surface area contributed by atoms with E-state index in [1.165, 1.54) is 6.92 Å². The molecule has 2 aromatic heterocycles. The average molecular weight is 745 g/mol. The number of pyridine rings is 1. The molecule has 260 valence electrons. The molecule has 1 aliphatic rings. The van der Waals surface area contributed by atoms with Crippen molar-refractivity contribution in [2.24, 2.45) is 5.41 Å². The zero-order chi connectivity index (χ0) is 35.7. The first kappa shape index (κ1) is 36.8. The molecule has 2 aromatic carbocycles. The molecule has 0 amide bonds. The zero-order valence-electron chi connectivity index (χ0n) is 29.7. The number of hydrogen-bond acceptors (Lipinski definition) is 7. The van der Waals surface area contributed by atoms with E-state index in [0.29, 0.717) is 11.4 Å². The van der Waals surface area contributed by atoms with Gasteiger partial charge in [0, 0.05) is 65.8 Å². The lowest BCUT2D eigenvalue weighted by molar-refractivity contribution is -0.140. The minimum absolute atomic E-state index is 0.142. The Morgan fingerprint density at radius 3 is 2.35 bits per heavy atom. The van der Waals surface area contributed by atoms with Gasteiger partial charge in [-0.25, -0.2) is 4.98 Å². The normalized spacial score (nSPS) is 16.3. The highest BCUT2D eigenvalue weighted by molar-refractivity contribution is 9.10. The van der Waals surface area contributed by atoms with Crippen LogP contribution >= 0.6 is 27.9 Å². The van der Waals surface area contributed by atoms with E-state index in [9.17, 15) is 10.2 Å². The molecule has 1 unspecified atom stereocenters. The summed E-state index contributed by atoms with van der Waals surface area (Å²) in [6.45, 7) is 21.6. The molecular formula is C40H50BrN5O2S. The molecule has 0 aliphatic carbocycles. The van der Waals surface area contributed by atoms with Crippen LogP contribution in [0.1, 0.15) is 70.9 Å². The molecule has 5 rings (SSSR count). The fourth-order valence-electron chi connectivity index (χ4n) is 7.21. The molecule has 0 spiro atoms. The minimum Gasteiger partial charge on any atom is -0.391 e. The van der Waals surface area contributed by atoms with Gasteiger partial charge in [0.1, 0.15) is 4.60 Å². The van der Waals surface area contributed by atoms with Crippen molar-refractivity contribution >= 4 is 56.4 Å². The first-order chi connectivity index (χ1) is 23.1. The van der Waals surface area contributed by atoms with Gasteiger partial charge in [-0.2, -0.15) is 0 Å². The molecule has 0 bridgehead atoms. The second-order valence-corrected chi connectivity index (χ2v) is 16.2. The van der Waals surface area contributed by atoms with Gasteiger partial charge in [-0.15, -0.1) is 0 Å². The maximum Gasteiger partial charge on any atom is 0.247 e. The van der Waals surface area contributed by atoms with Gasteiger partial charge in [-0.05, 0) is 101 Å². The highest BCUT2D eigenvalue weighted by Gasteiger charge is 2.52. The molecule has 0 saturated heterocycles. The van der Waals surface area contributed by atoms with E-state index in [1.807, 2.05) is 38.4 Å². The third-order valence-corrected chi connectivity index (χ3v) is 11.4. The first-order valence-electron chi connectivity index (χ1n) is 16.8. The van der Waals surface area contributed by atoms with Crippen molar-refractivity contribution in [3.05, 3.63) is 102 Å². The Balaban J connectivity index is 1.89. The minimum atomic E-state index is -2.19. The second-order valence-electron chi connectivity index (χ2n) is 14.5. The number of fused-ring (bicyclic) bond motifs is 3. The fourth-order valence-corrected chi connectivity index (χ4v) is 8.91. The topological polar surface area (TPSA) is 76.8 Å². The predicted molar refractivity (Wildman–Crippen MR) is 212 cm³/mol. The van der Waals surface area contributed by atoms with Crippen LogP contribution in [0.5, 0.6) is 0 Å². The van der Waals surface area contributed by atoms with Gasteiger partial charge >= 0.3 is 0 Å². The summed E-state index contributed by atoms with van der Waals surface area (Å²) in [5.41, 5.74) is 6.81. The van der Waals surface area contributed by atoms with Crippen molar-refractivity contribution in [3.8, 4) is 11.1 Å². The van der Waals surface area contributed by atoms with E-state index in [1.54, 1.807) is 29.2 Å². The third kappa shape index (κ3) is 7.22. The van der Waals surface area contributed by atoms with Gasteiger partial charge in [0.15, 0.2) is 5.65 Å². The quantitative estimate of drug-likeness (QED) is 0.0877. The van der Waals surface area contributed by atoms with Crippen LogP contribution in [-0.2, 0) is 5.41 Å². The van der Waals surface area contributed by atoms with Crippen molar-refractivity contribution in [2.45, 2.75) is 76.0 Å². The van der Waals surface area contributed by atoms with Gasteiger partial charge in [-0.3, -0.25) is 8.87 Å². The van der Waals surface area contributed by atoms with E-state index in [4.69, 9.17) is 4.98 Å². The Hall–Kier alpha value is -3.50. The zero-order valence-corrected chi connectivity index (χ0v) is 32.1. The van der Waals surface area contributed by atoms with Crippen LogP contribution in [0.25, 0.3) is 28.2 Å². The van der Waals surface area contributed by atoms with Crippen LogP contribution in [-0.4, -0.2) is 45.7 Å². The van der Waals surface area contributed by atoms with Crippen LogP contribution in [0.2, 0.25) is 0 Å². The number of anilines is 2. The van der Waals surface area contributed by atoms with Gasteiger partial charge in [0.25, 0.3) is 0 Å². The number of aliphatic hydroxyl groups is 2. The van der Waals surface area contributed by atoms with Crippen molar-refractivity contribution in [2.75, 3.05) is 30.4 Å². The van der Waals surface area contributed by atoms with E-state index in [-0.39, 0.29) is 5.41 Å². The monoisotopic (exact) mass is 743 g/mol. The summed E-state index contributed by atoms with van der Waals surface area (Å²) < 4.78 is 3.02. The van der Waals surface area contributed by atoms with Gasteiger partial charge in [-0.1, -0.05) is 77.3 Å². The summed E-state index contributed by atoms with van der Waals surface area (Å²) in [6, 6.07) is 16.7. The van der Waals surface area contributed by atoms with Crippen molar-refractivity contribution in [1.82, 2.24) is 14.3 Å². The van der Waals surface area contributed by atoms with Crippen LogP contribution < -0.4 is 15.1 Å². The van der Waals surface area contributed by atoms with E-state index in [2.05, 4.69) is 101 Å². The second kappa shape index (κ2) is 14.4. The van der Waals surface area contributed by atoms with E-state index < -0.39 is 11.3 Å². The molecule has 7 nitrogen and oxygen atoms in total. The smallest absolute Gasteiger partial charge is 0.247 e. The van der Waals surface area contributed by atoms with E-state index >= 15 is 0 Å². The molecule has 1 aliphatic heterocycles. The Kier molecular flexibility index (Phi) is 10.8. The number of allylic oxidation sites excluding steroid dienone is 1. The molecule has 0 saturated carbocycles. The van der Waals surface area contributed by atoms with Crippen molar-refractivity contribution < 1.29 is 10.2 Å². The van der Waals surface area contributed by atoms with Crippen molar-refractivity contribution in [3.63, 3.8) is 0 Å². The summed E-state index contributed by atoms with van der Waals surface area (Å²) in [5, 5.41) is 26.9. The number of nitrogens with one attached hydrogen (secondary N) is 1. The number of benzene rings is 2. The first-order valence-corrected chi connectivity index (χ1v) is 18.4. The summed E-state index contributed by atoms with van der Waals surface area (Å²) in [4.78, 5) is 9.84. The number of rotatable bonds is 14. The Labute approximate surface area is 304 Å². The molecule has 3 N–H and O–H groups in total. The van der Waals surface area contributed by atoms with E-state index in [0.717, 1.165) is 87.1 Å². The third-order valence-electron chi connectivity index (χ3n) is 9.39. The van der Waals surface area contributed by atoms with Crippen LogP contribution in [0.15, 0.2) is 95.9 Å². The van der Waals surface area contributed by atoms with Gasteiger partial charge in [0.05, 0.1) is 11.9 Å². The summed E-state index contributed by atoms with van der Waals surface area (Å²) in [7, 11) is 4.07. The number of halogens is 1. The number of hydrogen-bond donors (Lipinski definition) is 3. The predicted octanol–water partition coefficient (Wildman–Crippen LogP) is 9.69. The molecule has 3 heterocycles. The summed E-state index contributed by atoms with van der Waals surface area (Å²) in [5.74, 6) is -2.19. The number of aromatic nitrogens is 2. The molecule has 49 heavy (non-hydrogen) atoms. The molecular weight excluding hydrogens is 694 g/mol. The average Bonchev–Trinajstić information content (AvgIpc) is 3.46. The lowest BCUT2D eigenvalue weighted by Crippen LogP contribution is -2.46. The lowest BCUT2D eigenvalue weighted by atomic mass is 9.70. The molecule has 1 atom stereocenters. The van der Waals surface area contributed by atoms with Crippen LogP contribution in [0.4, 0.5) is 11.4 Å². The summed E-state index contributed by atoms with van der Waals surface area (Å²) in [6.07, 6.45) is 9.74. The molecule has 0 radical (unpaired) electrons. The Morgan fingerprint density at radius 1 is 1.04 bits per heavy atom.